The van der Waals surface area contributed by atoms with Crippen LogP contribution in [0.5, 0.6) is 0 Å². The van der Waals surface area contributed by atoms with Gasteiger partial charge in [-0.05, 0) is 88.4 Å². The first-order chi connectivity index (χ1) is 29.5. The van der Waals surface area contributed by atoms with E-state index in [9.17, 15) is 0 Å². The summed E-state index contributed by atoms with van der Waals surface area (Å²) in [5.74, 6) is 0. The molecule has 0 unspecified atom stereocenters. The first-order valence-electron chi connectivity index (χ1n) is 21.6. The molecular formula is C52H52Br4N8Zn. The largest absolute Gasteiger partial charge is 2.00 e. The van der Waals surface area contributed by atoms with Crippen LogP contribution in [-0.4, -0.2) is 28.6 Å². The predicted octanol–water partition coefficient (Wildman–Crippen LogP) is -3.22. The third kappa shape index (κ3) is 11.5. The van der Waals surface area contributed by atoms with Gasteiger partial charge in [-0.15, -0.1) is 11.4 Å². The van der Waals surface area contributed by atoms with Crippen molar-refractivity contribution >= 4 is 33.9 Å². The molecule has 0 amide bonds. The van der Waals surface area contributed by atoms with Gasteiger partial charge in [-0.1, -0.05) is 39.8 Å². The van der Waals surface area contributed by atoms with E-state index in [1.54, 1.807) is 0 Å². The third-order valence-corrected chi connectivity index (χ3v) is 11.3. The molecule has 330 valence electrons. The SMILES string of the molecule is CCCN1C=CC(=C2C3=NC(=C(c4cc[n+](CCC)cc4)C4=NC(=C(c5cc[n+](CCC)cc5)c5ccc([n-]5)C(c5cc[n+](CCC)cc5)=C5C=CC2=N5)C=C4)C=C3)C=C1.[Br-].[Br-].[Br-].[Br-].[Zn+2]. The fourth-order valence-corrected chi connectivity index (χ4v) is 8.40. The quantitative estimate of drug-likeness (QED) is 0.117. The number of halogens is 4. The Hall–Kier alpha value is -4.26. The second kappa shape index (κ2) is 24.5. The van der Waals surface area contributed by atoms with E-state index in [2.05, 4.69) is 193 Å². The Morgan fingerprint density at radius 3 is 1.15 bits per heavy atom. The van der Waals surface area contributed by atoms with Crippen molar-refractivity contribution in [2.45, 2.75) is 73.0 Å². The Balaban J connectivity index is 0.00000185. The van der Waals surface area contributed by atoms with Gasteiger partial charge in [-0.2, -0.15) is 0 Å². The Bertz CT molecular complexity index is 2710. The van der Waals surface area contributed by atoms with Crippen LogP contribution in [0, 0.1) is 0 Å². The first kappa shape index (κ1) is 53.4. The minimum absolute atomic E-state index is 0. The van der Waals surface area contributed by atoms with E-state index in [-0.39, 0.29) is 87.4 Å². The Morgan fingerprint density at radius 2 is 0.785 bits per heavy atom. The average Bonchev–Trinajstić information content (AvgIpc) is 4.12. The zero-order valence-corrected chi connectivity index (χ0v) is 46.6. The molecule has 0 N–H and O–H groups in total. The van der Waals surface area contributed by atoms with E-state index in [0.29, 0.717) is 0 Å². The van der Waals surface area contributed by atoms with Crippen LogP contribution in [0.1, 0.15) is 81.5 Å². The summed E-state index contributed by atoms with van der Waals surface area (Å²) in [6, 6.07) is 17.4. The number of nitrogens with zero attached hydrogens (tertiary/aromatic N) is 8. The van der Waals surface area contributed by atoms with Crippen LogP contribution in [0.4, 0.5) is 0 Å². The number of allylic oxidation sites excluding steroid dienone is 11. The van der Waals surface area contributed by atoms with E-state index in [4.69, 9.17) is 20.0 Å². The van der Waals surface area contributed by atoms with Crippen LogP contribution < -0.4 is 86.6 Å². The van der Waals surface area contributed by atoms with Crippen molar-refractivity contribution in [2.24, 2.45) is 15.0 Å². The molecule has 4 aromatic heterocycles. The van der Waals surface area contributed by atoms with Crippen LogP contribution >= 0.6 is 0 Å². The molecule has 0 saturated carbocycles. The Morgan fingerprint density at radius 1 is 0.431 bits per heavy atom. The molecule has 0 aromatic carbocycles. The molecule has 8 nitrogen and oxygen atoms in total. The zero-order chi connectivity index (χ0) is 41.0. The molecule has 5 aliphatic heterocycles. The summed E-state index contributed by atoms with van der Waals surface area (Å²) >= 11 is 0. The first-order valence-corrected chi connectivity index (χ1v) is 21.6. The standard InChI is InChI=1S/C52H52N8.4BrH.Zn/c1-5-25-57-29-17-37(18-30-57)49-41-9-11-43(53-41)50(38-19-31-58(26-6-2)32-20-38)45-13-15-47(55-45)52(40-23-35-60(28-8-4)36-24-40)48-16-14-46(56-48)51(44-12-10-42(49)54-44)39-21-33-59(27-7-3)34-22-39;;;;;/h9-24,29-36H,5-8,25-28H2,1-4H3;4*1H;/q+2;;;;;+2/p-4. The van der Waals surface area contributed by atoms with E-state index >= 15 is 0 Å². The number of aryl methyl sites for hydroxylation is 3. The molecule has 0 fully saturated rings. The third-order valence-electron chi connectivity index (χ3n) is 11.3. The number of rotatable bonds is 11. The summed E-state index contributed by atoms with van der Waals surface area (Å²) in [7, 11) is 0. The molecule has 13 heteroatoms. The van der Waals surface area contributed by atoms with E-state index in [0.717, 1.165) is 142 Å². The molecule has 8 bridgehead atoms. The predicted molar refractivity (Wildman–Crippen MR) is 242 cm³/mol. The molecule has 0 radical (unpaired) electrons. The summed E-state index contributed by atoms with van der Waals surface area (Å²) in [5, 5.41) is 0. The summed E-state index contributed by atoms with van der Waals surface area (Å²) < 4.78 is 6.69. The van der Waals surface area contributed by atoms with Gasteiger partial charge in [0.2, 0.25) is 0 Å². The van der Waals surface area contributed by atoms with Crippen LogP contribution in [0.2, 0.25) is 0 Å². The summed E-state index contributed by atoms with van der Waals surface area (Å²) in [4.78, 5) is 24.1. The van der Waals surface area contributed by atoms with Gasteiger partial charge in [-0.25, -0.2) is 28.7 Å². The van der Waals surface area contributed by atoms with Gasteiger partial charge in [0, 0.05) is 85.8 Å². The van der Waals surface area contributed by atoms with Crippen molar-refractivity contribution < 1.29 is 101 Å². The molecule has 0 aliphatic carbocycles. The molecule has 0 saturated heterocycles. The number of pyridine rings is 3. The smallest absolute Gasteiger partial charge is 1.00 e. The number of aromatic nitrogens is 4. The van der Waals surface area contributed by atoms with Crippen molar-refractivity contribution in [2.75, 3.05) is 6.54 Å². The Labute approximate surface area is 438 Å². The maximum atomic E-state index is 5.46. The van der Waals surface area contributed by atoms with Crippen LogP contribution in [0.15, 0.2) is 190 Å². The van der Waals surface area contributed by atoms with E-state index < -0.39 is 0 Å². The zero-order valence-electron chi connectivity index (χ0n) is 37.3. The molecule has 0 atom stereocenters. The molecule has 9 heterocycles. The number of hydrogen-bond donors (Lipinski definition) is 0. The van der Waals surface area contributed by atoms with Crippen molar-refractivity contribution in [3.05, 3.63) is 203 Å². The van der Waals surface area contributed by atoms with Crippen molar-refractivity contribution in [1.29, 1.82) is 0 Å². The normalized spacial score (nSPS) is 15.6. The average molecular weight is 1170 g/mol. The van der Waals surface area contributed by atoms with Gasteiger partial charge in [0.1, 0.15) is 19.6 Å². The minimum atomic E-state index is 0. The van der Waals surface area contributed by atoms with Crippen molar-refractivity contribution in [1.82, 2.24) is 9.88 Å². The second-order valence-electron chi connectivity index (χ2n) is 15.7. The molecular weight excluding hydrogens is 1120 g/mol. The summed E-state index contributed by atoms with van der Waals surface area (Å²) in [5.41, 5.74) is 15.1. The number of hydrogen-bond acceptors (Lipinski definition) is 4. The second-order valence-corrected chi connectivity index (χ2v) is 15.7. The Kier molecular flexibility index (Phi) is 20.1. The molecule has 65 heavy (non-hydrogen) atoms. The summed E-state index contributed by atoms with van der Waals surface area (Å²) in [6.07, 6.45) is 38.8. The van der Waals surface area contributed by atoms with Crippen LogP contribution in [-0.2, 0) is 39.1 Å². The van der Waals surface area contributed by atoms with Crippen molar-refractivity contribution in [3.63, 3.8) is 0 Å². The van der Waals surface area contributed by atoms with Gasteiger partial charge in [0.25, 0.3) is 0 Å². The molecule has 0 spiro atoms. The van der Waals surface area contributed by atoms with Gasteiger partial charge in [-0.3, -0.25) is 0 Å². The van der Waals surface area contributed by atoms with Crippen molar-refractivity contribution in [3.8, 4) is 0 Å². The van der Waals surface area contributed by atoms with Gasteiger partial charge in [0.15, 0.2) is 37.2 Å². The molecule has 4 aromatic rings. The fraction of sp³-hybridized carbons (Fsp3) is 0.231. The van der Waals surface area contributed by atoms with E-state index in [1.807, 2.05) is 0 Å². The number of aliphatic imine (C=N–C) groups is 3. The maximum absolute atomic E-state index is 5.46. The summed E-state index contributed by atoms with van der Waals surface area (Å²) in [6.45, 7) is 12.6. The molecule has 9 rings (SSSR count). The van der Waals surface area contributed by atoms with Crippen LogP contribution in [0.25, 0.3) is 16.7 Å². The fourth-order valence-electron chi connectivity index (χ4n) is 8.40. The van der Waals surface area contributed by atoms with Gasteiger partial charge < -0.3 is 77.8 Å². The van der Waals surface area contributed by atoms with Gasteiger partial charge >= 0.3 is 19.5 Å². The van der Waals surface area contributed by atoms with Gasteiger partial charge in [0.05, 0.1) is 34.2 Å². The van der Waals surface area contributed by atoms with Crippen LogP contribution in [0.3, 0.4) is 0 Å². The monoisotopic (exact) mass is 1170 g/mol. The number of fused-ring (bicyclic) bond motifs is 5. The molecule has 5 aliphatic rings. The minimum Gasteiger partial charge on any atom is -1.00 e. The maximum Gasteiger partial charge on any atom is 2.00 e. The topological polar surface area (TPSA) is 66.1 Å². The van der Waals surface area contributed by atoms with E-state index in [1.165, 1.54) is 0 Å².